The molecule has 3 rings (SSSR count). The van der Waals surface area contributed by atoms with Gasteiger partial charge in [0.15, 0.2) is 5.82 Å². The van der Waals surface area contributed by atoms with Crippen molar-refractivity contribution in [3.05, 3.63) is 59.7 Å². The van der Waals surface area contributed by atoms with Crippen molar-refractivity contribution in [2.75, 3.05) is 12.3 Å². The van der Waals surface area contributed by atoms with E-state index in [-0.39, 0.29) is 0 Å². The molecular weight excluding hydrogens is 302 g/mol. The molecule has 0 spiro atoms. The van der Waals surface area contributed by atoms with E-state index in [0.717, 1.165) is 23.1 Å². The molecule has 0 atom stereocenters. The summed E-state index contributed by atoms with van der Waals surface area (Å²) in [7, 11) is 0. The van der Waals surface area contributed by atoms with Crippen molar-refractivity contribution in [2.24, 2.45) is 5.73 Å². The summed E-state index contributed by atoms with van der Waals surface area (Å²) in [5, 5.41) is 13.3. The Hall–Kier alpha value is -3.24. The molecule has 0 radical (unpaired) electrons. The molecule has 2 aromatic heterocycles. The lowest BCUT2D eigenvalue weighted by molar-refractivity contribution is 0.687. The number of rotatable bonds is 5. The SMILES string of the molecule is N#Cc1ccc(-c2ncc(CCN)cn2)c(Cn2cc(N)cn2)c1. The number of nitrogens with zero attached hydrogens (tertiary/aromatic N) is 5. The molecular formula is C17H17N7. The quantitative estimate of drug-likeness (QED) is 0.732. The fourth-order valence-electron chi connectivity index (χ4n) is 2.44. The van der Waals surface area contributed by atoms with E-state index in [1.54, 1.807) is 35.5 Å². The zero-order chi connectivity index (χ0) is 16.9. The van der Waals surface area contributed by atoms with Crippen LogP contribution in [0.5, 0.6) is 0 Å². The van der Waals surface area contributed by atoms with E-state index in [2.05, 4.69) is 21.1 Å². The van der Waals surface area contributed by atoms with E-state index in [4.69, 9.17) is 16.7 Å². The summed E-state index contributed by atoms with van der Waals surface area (Å²) in [5.41, 5.74) is 15.2. The van der Waals surface area contributed by atoms with Gasteiger partial charge in [0, 0.05) is 24.2 Å². The standard InChI is InChI=1S/C17H17N7/c18-4-3-13-7-21-17(22-8-13)16-2-1-12(6-19)5-14(16)10-24-11-15(20)9-23-24/h1-2,5,7-9,11H,3-4,10,18,20H2. The predicted octanol–water partition coefficient (Wildman–Crippen LogP) is 1.34. The Kier molecular flexibility index (Phi) is 4.50. The van der Waals surface area contributed by atoms with Crippen LogP contribution in [0.3, 0.4) is 0 Å². The summed E-state index contributed by atoms with van der Waals surface area (Å²) in [6, 6.07) is 7.59. The second kappa shape index (κ2) is 6.89. The molecule has 0 fully saturated rings. The third-order valence-electron chi connectivity index (χ3n) is 3.60. The van der Waals surface area contributed by atoms with Crippen LogP contribution in [0.4, 0.5) is 5.69 Å². The molecule has 0 saturated carbocycles. The van der Waals surface area contributed by atoms with Crippen molar-refractivity contribution in [2.45, 2.75) is 13.0 Å². The number of nitriles is 1. The monoisotopic (exact) mass is 319 g/mol. The number of nitrogen functional groups attached to an aromatic ring is 1. The zero-order valence-electron chi connectivity index (χ0n) is 13.1. The molecule has 0 amide bonds. The molecule has 7 heteroatoms. The first-order chi connectivity index (χ1) is 11.7. The van der Waals surface area contributed by atoms with Gasteiger partial charge in [0.05, 0.1) is 30.1 Å². The lowest BCUT2D eigenvalue weighted by Crippen LogP contribution is -2.05. The zero-order valence-corrected chi connectivity index (χ0v) is 13.1. The van der Waals surface area contributed by atoms with Gasteiger partial charge in [0.1, 0.15) is 0 Å². The molecule has 1 aromatic carbocycles. The topological polar surface area (TPSA) is 119 Å². The summed E-state index contributed by atoms with van der Waals surface area (Å²) in [6.07, 6.45) is 7.64. The lowest BCUT2D eigenvalue weighted by atomic mass is 10.0. The van der Waals surface area contributed by atoms with Gasteiger partial charge in [0.25, 0.3) is 0 Å². The Morgan fingerprint density at radius 2 is 1.96 bits per heavy atom. The van der Waals surface area contributed by atoms with Crippen LogP contribution in [0, 0.1) is 11.3 Å². The van der Waals surface area contributed by atoms with Crippen molar-refractivity contribution in [3.63, 3.8) is 0 Å². The first-order valence-electron chi connectivity index (χ1n) is 7.52. The molecule has 0 aliphatic heterocycles. The van der Waals surface area contributed by atoms with Crippen LogP contribution >= 0.6 is 0 Å². The third kappa shape index (κ3) is 3.39. The van der Waals surface area contributed by atoms with Gasteiger partial charge in [0.2, 0.25) is 0 Å². The van der Waals surface area contributed by atoms with Crippen LogP contribution in [0.25, 0.3) is 11.4 Å². The van der Waals surface area contributed by atoms with Crippen LogP contribution in [0.1, 0.15) is 16.7 Å². The molecule has 7 nitrogen and oxygen atoms in total. The molecule has 0 aliphatic carbocycles. The van der Waals surface area contributed by atoms with Crippen LogP contribution < -0.4 is 11.5 Å². The third-order valence-corrected chi connectivity index (χ3v) is 3.60. The summed E-state index contributed by atoms with van der Waals surface area (Å²) in [5.74, 6) is 0.607. The maximum absolute atomic E-state index is 9.15. The van der Waals surface area contributed by atoms with E-state index in [1.165, 1.54) is 0 Å². The summed E-state index contributed by atoms with van der Waals surface area (Å²) in [4.78, 5) is 8.85. The number of hydrogen-bond donors (Lipinski definition) is 2. The van der Waals surface area contributed by atoms with Gasteiger partial charge in [-0.15, -0.1) is 0 Å². The van der Waals surface area contributed by atoms with Crippen molar-refractivity contribution in [1.82, 2.24) is 19.7 Å². The Bertz CT molecular complexity index is 875. The molecule has 0 aliphatic rings. The molecule has 4 N–H and O–H groups in total. The second-order valence-electron chi connectivity index (χ2n) is 5.41. The van der Waals surface area contributed by atoms with Gasteiger partial charge in [-0.25, -0.2) is 9.97 Å². The Morgan fingerprint density at radius 1 is 1.17 bits per heavy atom. The van der Waals surface area contributed by atoms with E-state index in [0.29, 0.717) is 30.2 Å². The Labute approximate surface area is 139 Å². The highest BCUT2D eigenvalue weighted by Gasteiger charge is 2.10. The first-order valence-corrected chi connectivity index (χ1v) is 7.52. The summed E-state index contributed by atoms with van der Waals surface area (Å²) >= 11 is 0. The highest BCUT2D eigenvalue weighted by Crippen LogP contribution is 2.23. The molecule has 2 heterocycles. The first kappa shape index (κ1) is 15.6. The number of nitrogens with two attached hydrogens (primary N) is 2. The minimum absolute atomic E-state index is 0.482. The summed E-state index contributed by atoms with van der Waals surface area (Å²) in [6.45, 7) is 1.04. The van der Waals surface area contributed by atoms with Gasteiger partial charge in [-0.3, -0.25) is 4.68 Å². The van der Waals surface area contributed by atoms with E-state index in [9.17, 15) is 0 Å². The van der Waals surface area contributed by atoms with Gasteiger partial charge >= 0.3 is 0 Å². The normalized spacial score (nSPS) is 10.5. The maximum Gasteiger partial charge on any atom is 0.159 e. The predicted molar refractivity (Wildman–Crippen MR) is 90.7 cm³/mol. The van der Waals surface area contributed by atoms with Gasteiger partial charge in [-0.05, 0) is 42.3 Å². The molecule has 0 bridgehead atoms. The minimum atomic E-state index is 0.482. The van der Waals surface area contributed by atoms with E-state index < -0.39 is 0 Å². The van der Waals surface area contributed by atoms with Crippen LogP contribution in [-0.2, 0) is 13.0 Å². The number of anilines is 1. The Morgan fingerprint density at radius 3 is 2.58 bits per heavy atom. The van der Waals surface area contributed by atoms with Crippen molar-refractivity contribution >= 4 is 5.69 Å². The molecule has 120 valence electrons. The molecule has 0 unspecified atom stereocenters. The van der Waals surface area contributed by atoms with Crippen molar-refractivity contribution < 1.29 is 0 Å². The molecule has 0 saturated heterocycles. The van der Waals surface area contributed by atoms with Gasteiger partial charge in [-0.1, -0.05) is 0 Å². The second-order valence-corrected chi connectivity index (χ2v) is 5.41. The van der Waals surface area contributed by atoms with Gasteiger partial charge < -0.3 is 11.5 Å². The fourth-order valence-corrected chi connectivity index (χ4v) is 2.44. The smallest absolute Gasteiger partial charge is 0.159 e. The fraction of sp³-hybridized carbons (Fsp3) is 0.176. The average molecular weight is 319 g/mol. The van der Waals surface area contributed by atoms with Gasteiger partial charge in [-0.2, -0.15) is 10.4 Å². The van der Waals surface area contributed by atoms with Crippen molar-refractivity contribution in [3.8, 4) is 17.5 Å². The average Bonchev–Trinajstić information content (AvgIpc) is 3.01. The van der Waals surface area contributed by atoms with Crippen LogP contribution in [0.15, 0.2) is 43.0 Å². The van der Waals surface area contributed by atoms with E-state index >= 15 is 0 Å². The minimum Gasteiger partial charge on any atom is -0.396 e. The maximum atomic E-state index is 9.15. The Balaban J connectivity index is 1.98. The molecule has 3 aromatic rings. The lowest BCUT2D eigenvalue weighted by Gasteiger charge is -2.10. The summed E-state index contributed by atoms with van der Waals surface area (Å²) < 4.78 is 1.72. The highest BCUT2D eigenvalue weighted by atomic mass is 15.3. The number of benzene rings is 1. The number of hydrogen-bond acceptors (Lipinski definition) is 6. The number of aromatic nitrogens is 4. The highest BCUT2D eigenvalue weighted by molar-refractivity contribution is 5.62. The van der Waals surface area contributed by atoms with Crippen LogP contribution in [-0.4, -0.2) is 26.3 Å². The molecule has 24 heavy (non-hydrogen) atoms. The van der Waals surface area contributed by atoms with E-state index in [1.807, 2.05) is 12.1 Å². The largest absolute Gasteiger partial charge is 0.396 e. The van der Waals surface area contributed by atoms with Crippen LogP contribution in [0.2, 0.25) is 0 Å². The van der Waals surface area contributed by atoms with Crippen molar-refractivity contribution in [1.29, 1.82) is 5.26 Å².